The van der Waals surface area contributed by atoms with Crippen LogP contribution in [-0.4, -0.2) is 71.5 Å². The van der Waals surface area contributed by atoms with Crippen molar-refractivity contribution in [1.29, 1.82) is 5.41 Å². The van der Waals surface area contributed by atoms with Crippen LogP contribution in [0.5, 0.6) is 11.5 Å². The van der Waals surface area contributed by atoms with E-state index in [0.717, 1.165) is 35.1 Å². The van der Waals surface area contributed by atoms with E-state index < -0.39 is 5.91 Å². The summed E-state index contributed by atoms with van der Waals surface area (Å²) in [4.78, 5) is 18.9. The quantitative estimate of drug-likeness (QED) is 0.489. The largest absolute Gasteiger partial charge is 0.490 e. The molecule has 10 heteroatoms. The van der Waals surface area contributed by atoms with Gasteiger partial charge in [-0.05, 0) is 60.2 Å². The Hall–Kier alpha value is -3.63. The molecule has 0 bridgehead atoms. The standard InChI is InChI=1S/C25H25N5O4S/c1-17-3-2-4-20(15-17)34-14-13-33-19-7-5-18(6-8-19)16-21-22(26)30-24(27-23(21)31)35-25(28-30)29-9-11-32-12-10-29/h2-8,15-16,26H,9-14H2,1H3/b21-16-,26-22?. The van der Waals surface area contributed by atoms with E-state index in [9.17, 15) is 4.79 Å². The molecule has 0 radical (unpaired) electrons. The van der Waals surface area contributed by atoms with Crippen LogP contribution in [0.25, 0.3) is 6.08 Å². The molecule has 0 saturated carbocycles. The van der Waals surface area contributed by atoms with Gasteiger partial charge in [-0.15, -0.1) is 5.10 Å². The average Bonchev–Trinajstić information content (AvgIpc) is 3.30. The second-order valence-corrected chi connectivity index (χ2v) is 9.02. The van der Waals surface area contributed by atoms with Gasteiger partial charge in [0.1, 0.15) is 24.7 Å². The molecule has 0 aromatic heterocycles. The van der Waals surface area contributed by atoms with Gasteiger partial charge in [0.25, 0.3) is 5.91 Å². The molecule has 3 heterocycles. The van der Waals surface area contributed by atoms with E-state index in [1.165, 1.54) is 16.8 Å². The second kappa shape index (κ2) is 10.3. The summed E-state index contributed by atoms with van der Waals surface area (Å²) in [7, 11) is 0. The lowest BCUT2D eigenvalue weighted by molar-refractivity contribution is -0.114. The van der Waals surface area contributed by atoms with E-state index >= 15 is 0 Å². The van der Waals surface area contributed by atoms with E-state index in [4.69, 9.17) is 19.6 Å². The fourth-order valence-electron chi connectivity index (χ4n) is 3.72. The smallest absolute Gasteiger partial charge is 0.283 e. The number of aliphatic imine (C=N–C) groups is 1. The summed E-state index contributed by atoms with van der Waals surface area (Å²) in [5.74, 6) is 1.09. The predicted octanol–water partition coefficient (Wildman–Crippen LogP) is 3.36. The van der Waals surface area contributed by atoms with E-state index in [2.05, 4.69) is 15.0 Å². The predicted molar refractivity (Wildman–Crippen MR) is 136 cm³/mol. The fraction of sp³-hybridized carbons (Fsp3) is 0.280. The lowest BCUT2D eigenvalue weighted by Gasteiger charge is -2.26. The van der Waals surface area contributed by atoms with Crippen molar-refractivity contribution >= 4 is 39.9 Å². The first-order valence-electron chi connectivity index (χ1n) is 11.3. The zero-order valence-corrected chi connectivity index (χ0v) is 20.1. The number of fused-ring (bicyclic) bond motifs is 1. The molecular weight excluding hydrogens is 466 g/mol. The number of aryl methyl sites for hydroxylation is 1. The zero-order chi connectivity index (χ0) is 24.2. The number of nitrogens with one attached hydrogen (secondary N) is 1. The van der Waals surface area contributed by atoms with Gasteiger partial charge in [0.2, 0.25) is 5.17 Å². The minimum absolute atomic E-state index is 0.0179. The van der Waals surface area contributed by atoms with Crippen molar-refractivity contribution in [3.05, 3.63) is 65.2 Å². The lowest BCUT2D eigenvalue weighted by Crippen LogP contribution is -2.39. The summed E-state index contributed by atoms with van der Waals surface area (Å²) in [6.45, 7) is 5.58. The molecule has 5 rings (SSSR count). The molecule has 1 saturated heterocycles. The van der Waals surface area contributed by atoms with Crippen molar-refractivity contribution in [2.24, 2.45) is 10.1 Å². The van der Waals surface area contributed by atoms with Crippen LogP contribution in [0.15, 0.2) is 64.2 Å². The molecule has 180 valence electrons. The number of ether oxygens (including phenoxy) is 3. The molecule has 9 nitrogen and oxygen atoms in total. The van der Waals surface area contributed by atoms with Crippen LogP contribution in [0.4, 0.5) is 0 Å². The zero-order valence-electron chi connectivity index (χ0n) is 19.3. The first-order valence-corrected chi connectivity index (χ1v) is 12.1. The van der Waals surface area contributed by atoms with Crippen LogP contribution in [-0.2, 0) is 9.53 Å². The van der Waals surface area contributed by atoms with Gasteiger partial charge in [-0.2, -0.15) is 10.0 Å². The topological polar surface area (TPSA) is 99.8 Å². The molecule has 1 fully saturated rings. The third-order valence-corrected chi connectivity index (χ3v) is 6.50. The van der Waals surface area contributed by atoms with E-state index in [-0.39, 0.29) is 11.4 Å². The first kappa shape index (κ1) is 23.1. The normalized spacial score (nSPS) is 18.9. The third kappa shape index (κ3) is 5.39. The van der Waals surface area contributed by atoms with Crippen LogP contribution in [0.3, 0.4) is 0 Å². The van der Waals surface area contributed by atoms with Crippen molar-refractivity contribution in [2.45, 2.75) is 6.92 Å². The molecule has 2 aromatic rings. The number of rotatable bonds is 6. The van der Waals surface area contributed by atoms with Crippen molar-refractivity contribution < 1.29 is 19.0 Å². The molecule has 1 N–H and O–H groups in total. The second-order valence-electron chi connectivity index (χ2n) is 8.08. The summed E-state index contributed by atoms with van der Waals surface area (Å²) in [6.07, 6.45) is 1.66. The molecule has 35 heavy (non-hydrogen) atoms. The summed E-state index contributed by atoms with van der Waals surface area (Å²) >= 11 is 1.31. The molecule has 3 aliphatic rings. The third-order valence-electron chi connectivity index (χ3n) is 5.53. The van der Waals surface area contributed by atoms with Gasteiger partial charge in [-0.3, -0.25) is 10.2 Å². The fourth-order valence-corrected chi connectivity index (χ4v) is 4.66. The minimum Gasteiger partial charge on any atom is -0.490 e. The first-order chi connectivity index (χ1) is 17.1. The number of hydrogen-bond acceptors (Lipinski definition) is 8. The van der Waals surface area contributed by atoms with Crippen molar-refractivity contribution in [3.8, 4) is 11.5 Å². The molecule has 1 amide bonds. The lowest BCUT2D eigenvalue weighted by atomic mass is 10.1. The van der Waals surface area contributed by atoms with Crippen molar-refractivity contribution in [3.63, 3.8) is 0 Å². The monoisotopic (exact) mass is 491 g/mol. The van der Waals surface area contributed by atoms with Gasteiger partial charge in [0, 0.05) is 13.1 Å². The highest BCUT2D eigenvalue weighted by molar-refractivity contribution is 8.26. The van der Waals surface area contributed by atoms with Crippen LogP contribution in [0.2, 0.25) is 0 Å². The summed E-state index contributed by atoms with van der Waals surface area (Å²) in [5.41, 5.74) is 2.11. The van der Waals surface area contributed by atoms with E-state index in [1.807, 2.05) is 55.5 Å². The molecule has 0 unspecified atom stereocenters. The molecule has 3 aliphatic heterocycles. The molecular formula is C25H25N5O4S. The maximum Gasteiger partial charge on any atom is 0.283 e. The summed E-state index contributed by atoms with van der Waals surface area (Å²) in [6, 6.07) is 15.2. The Balaban J connectivity index is 1.20. The maximum absolute atomic E-state index is 12.7. The number of hydrogen-bond donors (Lipinski definition) is 1. The molecule has 0 aliphatic carbocycles. The molecule has 2 aromatic carbocycles. The maximum atomic E-state index is 12.7. The Morgan fingerprint density at radius 1 is 1.06 bits per heavy atom. The SMILES string of the molecule is Cc1cccc(OCCOc2ccc(/C=C3/C(=N)N4N=C(N5CCOCC5)SC4=NC3=O)cc2)c1. The van der Waals surface area contributed by atoms with Gasteiger partial charge in [0.15, 0.2) is 11.0 Å². The van der Waals surface area contributed by atoms with Crippen LogP contribution >= 0.6 is 11.8 Å². The Morgan fingerprint density at radius 3 is 2.54 bits per heavy atom. The van der Waals surface area contributed by atoms with Crippen LogP contribution in [0.1, 0.15) is 11.1 Å². The number of nitrogens with zero attached hydrogens (tertiary/aromatic N) is 4. The Labute approximate surface area is 207 Å². The van der Waals surface area contributed by atoms with Gasteiger partial charge in [-0.1, -0.05) is 24.3 Å². The van der Waals surface area contributed by atoms with Crippen molar-refractivity contribution in [1.82, 2.24) is 9.91 Å². The minimum atomic E-state index is -0.444. The van der Waals surface area contributed by atoms with Gasteiger partial charge < -0.3 is 19.1 Å². The Bertz CT molecular complexity index is 1220. The highest BCUT2D eigenvalue weighted by Crippen LogP contribution is 2.30. The number of thioether (sulfide) groups is 1. The Morgan fingerprint density at radius 2 is 1.80 bits per heavy atom. The Kier molecular flexibility index (Phi) is 6.82. The number of carbonyl (C=O) groups is 1. The number of carbonyl (C=O) groups excluding carboxylic acids is 1. The van der Waals surface area contributed by atoms with E-state index in [0.29, 0.717) is 37.3 Å². The molecule has 0 spiro atoms. The van der Waals surface area contributed by atoms with E-state index in [1.54, 1.807) is 6.08 Å². The van der Waals surface area contributed by atoms with Crippen LogP contribution in [0, 0.1) is 12.3 Å². The van der Waals surface area contributed by atoms with Crippen molar-refractivity contribution in [2.75, 3.05) is 39.5 Å². The highest BCUT2D eigenvalue weighted by Gasteiger charge is 2.37. The van der Waals surface area contributed by atoms with Crippen LogP contribution < -0.4 is 9.47 Å². The number of morpholine rings is 1. The number of amidine groups is 3. The summed E-state index contributed by atoms with van der Waals surface area (Å²) < 4.78 is 16.8. The van der Waals surface area contributed by atoms with Gasteiger partial charge in [0.05, 0.1) is 18.8 Å². The number of hydrazone groups is 1. The average molecular weight is 492 g/mol. The number of benzene rings is 2. The van der Waals surface area contributed by atoms with Gasteiger partial charge in [-0.25, -0.2) is 0 Å². The highest BCUT2D eigenvalue weighted by atomic mass is 32.2. The van der Waals surface area contributed by atoms with Gasteiger partial charge >= 0.3 is 0 Å². The summed E-state index contributed by atoms with van der Waals surface area (Å²) in [5, 5.41) is 15.6. The molecule has 0 atom stereocenters. The number of amides is 1.